The highest BCUT2D eigenvalue weighted by Crippen LogP contribution is 2.33. The molecule has 6 heteroatoms. The Morgan fingerprint density at radius 2 is 2.12 bits per heavy atom. The summed E-state index contributed by atoms with van der Waals surface area (Å²) in [7, 11) is 0. The van der Waals surface area contributed by atoms with Gasteiger partial charge in [-0.3, -0.25) is 9.69 Å². The molecule has 26 heavy (non-hydrogen) atoms. The average Bonchev–Trinajstić information content (AvgIpc) is 3.29. The van der Waals surface area contributed by atoms with E-state index in [1.54, 1.807) is 0 Å². The molecule has 1 aliphatic heterocycles. The number of benzene rings is 1. The first-order valence-corrected chi connectivity index (χ1v) is 9.85. The molecule has 1 saturated heterocycles. The van der Waals surface area contributed by atoms with Crippen molar-refractivity contribution in [1.29, 1.82) is 0 Å². The van der Waals surface area contributed by atoms with Crippen molar-refractivity contribution in [3.05, 3.63) is 41.4 Å². The number of fused-ring (bicyclic) bond motifs is 1. The first-order chi connectivity index (χ1) is 12.7. The second-order valence-electron chi connectivity index (χ2n) is 6.52. The van der Waals surface area contributed by atoms with Crippen LogP contribution in [0.3, 0.4) is 0 Å². The van der Waals surface area contributed by atoms with Gasteiger partial charge in [-0.1, -0.05) is 13.0 Å². The third-order valence-corrected chi connectivity index (χ3v) is 5.83. The lowest BCUT2D eigenvalue weighted by Crippen LogP contribution is -2.35. The van der Waals surface area contributed by atoms with Crippen LogP contribution in [0.2, 0.25) is 0 Å². The Kier molecular flexibility index (Phi) is 5.06. The van der Waals surface area contributed by atoms with Crippen molar-refractivity contribution in [1.82, 2.24) is 9.88 Å². The number of aromatic amines is 1. The zero-order valence-corrected chi connectivity index (χ0v) is 15.7. The smallest absolute Gasteiger partial charge is 0.224 e. The minimum absolute atomic E-state index is 0.0280. The van der Waals surface area contributed by atoms with E-state index in [2.05, 4.69) is 45.5 Å². The fraction of sp³-hybridized carbons (Fsp3) is 0.350. The lowest BCUT2D eigenvalue weighted by molar-refractivity contribution is -0.115. The Morgan fingerprint density at radius 1 is 1.27 bits per heavy atom. The summed E-state index contributed by atoms with van der Waals surface area (Å²) in [5.74, 6) is 0.0280. The van der Waals surface area contributed by atoms with Crippen molar-refractivity contribution >= 4 is 33.8 Å². The maximum Gasteiger partial charge on any atom is 0.224 e. The third kappa shape index (κ3) is 3.67. The van der Waals surface area contributed by atoms with Crippen LogP contribution in [0.1, 0.15) is 18.2 Å². The maximum absolute atomic E-state index is 11.7. The largest absolute Gasteiger partial charge is 0.379 e. The van der Waals surface area contributed by atoms with Gasteiger partial charge in [0, 0.05) is 52.9 Å². The predicted molar refractivity (Wildman–Crippen MR) is 107 cm³/mol. The number of morpholine rings is 1. The van der Waals surface area contributed by atoms with Crippen molar-refractivity contribution in [2.45, 2.75) is 19.9 Å². The second-order valence-corrected chi connectivity index (χ2v) is 7.69. The molecule has 0 radical (unpaired) electrons. The topological polar surface area (TPSA) is 57.4 Å². The van der Waals surface area contributed by atoms with Gasteiger partial charge in [0.2, 0.25) is 5.91 Å². The Hall–Kier alpha value is -2.15. The number of ether oxygens (including phenoxy) is 1. The van der Waals surface area contributed by atoms with E-state index in [0.717, 1.165) is 49.4 Å². The van der Waals surface area contributed by atoms with Gasteiger partial charge in [0.25, 0.3) is 0 Å². The van der Waals surface area contributed by atoms with Gasteiger partial charge in [0.15, 0.2) is 0 Å². The van der Waals surface area contributed by atoms with E-state index in [9.17, 15) is 4.79 Å². The number of carbonyl (C=O) groups excluding carboxylic acids is 1. The zero-order valence-electron chi connectivity index (χ0n) is 14.9. The number of nitrogens with one attached hydrogen (secondary N) is 2. The number of hydrogen-bond acceptors (Lipinski definition) is 4. The Bertz CT molecular complexity index is 909. The number of carbonyl (C=O) groups is 1. The summed E-state index contributed by atoms with van der Waals surface area (Å²) in [6.07, 6.45) is 2.34. The molecule has 3 heterocycles. The quantitative estimate of drug-likeness (QED) is 0.713. The summed E-state index contributed by atoms with van der Waals surface area (Å²) >= 11 is 1.84. The highest BCUT2D eigenvalue weighted by Gasteiger charge is 2.13. The van der Waals surface area contributed by atoms with Gasteiger partial charge in [-0.2, -0.15) is 0 Å². The van der Waals surface area contributed by atoms with Gasteiger partial charge >= 0.3 is 0 Å². The van der Waals surface area contributed by atoms with Crippen LogP contribution < -0.4 is 5.32 Å². The van der Waals surface area contributed by atoms with Crippen molar-refractivity contribution < 1.29 is 9.53 Å². The molecule has 0 unspecified atom stereocenters. The molecule has 2 aromatic heterocycles. The van der Waals surface area contributed by atoms with Crippen molar-refractivity contribution in [3.63, 3.8) is 0 Å². The molecular formula is C20H23N3O2S. The molecule has 2 N–H and O–H groups in total. The molecule has 1 fully saturated rings. The predicted octanol–water partition coefficient (Wildman–Crippen LogP) is 4.08. The normalized spacial score (nSPS) is 15.4. The summed E-state index contributed by atoms with van der Waals surface area (Å²) < 4.78 is 5.42. The number of nitrogens with zero attached hydrogens (tertiary/aromatic N) is 1. The first kappa shape index (κ1) is 17.3. The van der Waals surface area contributed by atoms with E-state index in [-0.39, 0.29) is 5.91 Å². The van der Waals surface area contributed by atoms with E-state index < -0.39 is 0 Å². The number of thiophene rings is 1. The van der Waals surface area contributed by atoms with Crippen LogP contribution in [0, 0.1) is 0 Å². The van der Waals surface area contributed by atoms with E-state index in [1.165, 1.54) is 15.3 Å². The molecule has 5 nitrogen and oxygen atoms in total. The minimum atomic E-state index is 0.0280. The SMILES string of the molecule is CCC(=O)Nc1c[nH]c2ccc(-c3ccc(CN4CCOCC4)s3)cc12. The van der Waals surface area contributed by atoms with E-state index in [0.29, 0.717) is 6.42 Å². The fourth-order valence-electron chi connectivity index (χ4n) is 3.21. The Morgan fingerprint density at radius 3 is 2.92 bits per heavy atom. The van der Waals surface area contributed by atoms with Crippen LogP contribution in [0.25, 0.3) is 21.3 Å². The molecule has 0 saturated carbocycles. The lowest BCUT2D eigenvalue weighted by Gasteiger charge is -2.25. The van der Waals surface area contributed by atoms with Gasteiger partial charge in [0.1, 0.15) is 0 Å². The molecule has 136 valence electrons. The number of anilines is 1. The maximum atomic E-state index is 11.7. The third-order valence-electron chi connectivity index (χ3n) is 4.71. The van der Waals surface area contributed by atoms with E-state index >= 15 is 0 Å². The molecule has 1 aliphatic rings. The number of hydrogen-bond donors (Lipinski definition) is 2. The molecule has 4 rings (SSSR count). The molecule has 0 bridgehead atoms. The van der Waals surface area contributed by atoms with Gasteiger partial charge < -0.3 is 15.0 Å². The zero-order chi connectivity index (χ0) is 17.9. The first-order valence-electron chi connectivity index (χ1n) is 9.03. The molecule has 1 amide bonds. The number of rotatable bonds is 5. The van der Waals surface area contributed by atoms with Crippen molar-refractivity contribution in [3.8, 4) is 10.4 Å². The minimum Gasteiger partial charge on any atom is -0.379 e. The van der Waals surface area contributed by atoms with Gasteiger partial charge in [-0.15, -0.1) is 11.3 Å². The molecule has 3 aromatic rings. The average molecular weight is 369 g/mol. The van der Waals surface area contributed by atoms with Gasteiger partial charge in [-0.05, 0) is 29.8 Å². The Labute approximate surface area is 157 Å². The molecule has 0 aliphatic carbocycles. The van der Waals surface area contributed by atoms with Crippen LogP contribution >= 0.6 is 11.3 Å². The standard InChI is InChI=1S/C20H23N3O2S/c1-2-20(24)22-18-12-21-17-5-3-14(11-16(17)18)19-6-4-15(26-19)13-23-7-9-25-10-8-23/h3-6,11-12,21H,2,7-10,13H2,1H3,(H,22,24). The van der Waals surface area contributed by atoms with Crippen LogP contribution in [-0.2, 0) is 16.1 Å². The van der Waals surface area contributed by atoms with Gasteiger partial charge in [0.05, 0.1) is 18.9 Å². The molecule has 1 aromatic carbocycles. The van der Waals surface area contributed by atoms with E-state index in [1.807, 2.05) is 24.5 Å². The number of H-pyrrole nitrogens is 1. The van der Waals surface area contributed by atoms with Crippen LogP contribution in [0.4, 0.5) is 5.69 Å². The number of aromatic nitrogens is 1. The fourth-order valence-corrected chi connectivity index (χ4v) is 4.26. The van der Waals surface area contributed by atoms with Crippen molar-refractivity contribution in [2.75, 3.05) is 31.6 Å². The summed E-state index contributed by atoms with van der Waals surface area (Å²) in [5, 5.41) is 4.02. The molecule has 0 spiro atoms. The summed E-state index contributed by atoms with van der Waals surface area (Å²) in [6.45, 7) is 6.50. The summed E-state index contributed by atoms with van der Waals surface area (Å²) in [5.41, 5.74) is 3.06. The second kappa shape index (κ2) is 7.61. The van der Waals surface area contributed by atoms with Crippen LogP contribution in [0.5, 0.6) is 0 Å². The summed E-state index contributed by atoms with van der Waals surface area (Å²) in [6, 6.07) is 10.8. The highest BCUT2D eigenvalue weighted by molar-refractivity contribution is 7.15. The van der Waals surface area contributed by atoms with Crippen LogP contribution in [-0.4, -0.2) is 42.1 Å². The lowest BCUT2D eigenvalue weighted by atomic mass is 10.1. The Balaban J connectivity index is 1.56. The summed E-state index contributed by atoms with van der Waals surface area (Å²) in [4.78, 5) is 20.0. The number of amides is 1. The van der Waals surface area contributed by atoms with Crippen LogP contribution in [0.15, 0.2) is 36.5 Å². The molecular weight excluding hydrogens is 346 g/mol. The van der Waals surface area contributed by atoms with E-state index in [4.69, 9.17) is 4.74 Å². The molecule has 0 atom stereocenters. The highest BCUT2D eigenvalue weighted by atomic mass is 32.1. The van der Waals surface area contributed by atoms with Gasteiger partial charge in [-0.25, -0.2) is 0 Å². The monoisotopic (exact) mass is 369 g/mol. The van der Waals surface area contributed by atoms with Crippen molar-refractivity contribution in [2.24, 2.45) is 0 Å².